The van der Waals surface area contributed by atoms with Crippen molar-refractivity contribution in [2.45, 2.75) is 96.3 Å². The number of ether oxygens (including phenoxy) is 9. The molecule has 2 rings (SSSR count). The molecule has 2 heterocycles. The first-order valence-electron chi connectivity index (χ1n) is 12.4. The van der Waals surface area contributed by atoms with Gasteiger partial charge in [-0.25, -0.2) is 0 Å². The van der Waals surface area contributed by atoms with Crippen LogP contribution in [0.2, 0.25) is 0 Å². The maximum Gasteiger partial charge on any atom is 0.303 e. The second kappa shape index (κ2) is 14.5. The van der Waals surface area contributed by atoms with Gasteiger partial charge in [0.1, 0.15) is 31.5 Å². The molecule has 9 unspecified atom stereocenters. The van der Waals surface area contributed by atoms with Crippen molar-refractivity contribution >= 4 is 35.8 Å². The largest absolute Gasteiger partial charge is 0.463 e. The molecule has 17 nitrogen and oxygen atoms in total. The van der Waals surface area contributed by atoms with Crippen molar-refractivity contribution in [3.63, 3.8) is 0 Å². The minimum Gasteiger partial charge on any atom is -0.463 e. The van der Waals surface area contributed by atoms with Crippen LogP contribution in [-0.2, 0) is 71.4 Å². The van der Waals surface area contributed by atoms with Crippen molar-refractivity contribution in [1.82, 2.24) is 0 Å². The zero-order valence-corrected chi connectivity index (χ0v) is 23.3. The second-order valence-corrected chi connectivity index (χ2v) is 9.14. The molecular formula is C24H34O17. The first-order valence-corrected chi connectivity index (χ1v) is 12.4. The van der Waals surface area contributed by atoms with Crippen LogP contribution < -0.4 is 0 Å². The lowest BCUT2D eigenvalue weighted by Crippen LogP contribution is -2.65. The van der Waals surface area contributed by atoms with Crippen LogP contribution in [0.5, 0.6) is 0 Å². The highest BCUT2D eigenvalue weighted by Crippen LogP contribution is 2.41. The van der Waals surface area contributed by atoms with E-state index in [0.717, 1.165) is 41.5 Å². The van der Waals surface area contributed by atoms with Crippen molar-refractivity contribution in [3.05, 3.63) is 0 Å². The Morgan fingerprint density at radius 2 is 1.20 bits per heavy atom. The lowest BCUT2D eigenvalue weighted by Gasteiger charge is -2.45. The third kappa shape index (κ3) is 9.06. The Labute approximate surface area is 234 Å². The van der Waals surface area contributed by atoms with Crippen LogP contribution in [0.4, 0.5) is 0 Å². The average Bonchev–Trinajstić information content (AvgIpc) is 3.11. The van der Waals surface area contributed by atoms with E-state index in [1.807, 2.05) is 0 Å². The summed E-state index contributed by atoms with van der Waals surface area (Å²) in [4.78, 5) is 71.3. The highest BCUT2D eigenvalue weighted by Gasteiger charge is 2.64. The van der Waals surface area contributed by atoms with Crippen molar-refractivity contribution < 1.29 is 81.6 Å². The van der Waals surface area contributed by atoms with Gasteiger partial charge in [-0.05, 0) is 0 Å². The Balaban J connectivity index is 2.67. The highest BCUT2D eigenvalue weighted by atomic mass is 16.8. The van der Waals surface area contributed by atoms with Crippen LogP contribution in [0, 0.1) is 0 Å². The fraction of sp³-hybridized carbons (Fsp3) is 0.750. The third-order valence-electron chi connectivity index (χ3n) is 5.69. The monoisotopic (exact) mass is 594 g/mol. The Hall–Kier alpha value is -3.38. The van der Waals surface area contributed by atoms with Crippen LogP contribution in [0.3, 0.4) is 0 Å². The van der Waals surface area contributed by atoms with Gasteiger partial charge in [0, 0.05) is 41.5 Å². The smallest absolute Gasteiger partial charge is 0.303 e. The molecule has 0 aromatic carbocycles. The molecular weight excluding hydrogens is 560 g/mol. The summed E-state index contributed by atoms with van der Waals surface area (Å²) in [5.74, 6) is -7.62. The van der Waals surface area contributed by atoms with Gasteiger partial charge in [0.25, 0.3) is 0 Å². The second-order valence-electron chi connectivity index (χ2n) is 9.14. The Morgan fingerprint density at radius 1 is 0.683 bits per heavy atom. The lowest BCUT2D eigenvalue weighted by molar-refractivity contribution is -0.384. The van der Waals surface area contributed by atoms with E-state index in [1.54, 1.807) is 0 Å². The Bertz CT molecular complexity index is 997. The molecule has 2 aliphatic rings. The number of hydrogen-bond donors (Lipinski definition) is 2. The van der Waals surface area contributed by atoms with E-state index in [-0.39, 0.29) is 0 Å². The maximum absolute atomic E-state index is 12.2. The van der Waals surface area contributed by atoms with Gasteiger partial charge >= 0.3 is 35.8 Å². The SMILES string of the molecule is CC(=O)OCC1OC(COC(C)=O)(OC2OC(CO)C(O)C(OC(C)=O)C2OC(C)=O)C(OC(C)=O)C1OC(C)=O. The molecule has 0 bridgehead atoms. The summed E-state index contributed by atoms with van der Waals surface area (Å²) in [7, 11) is 0. The summed E-state index contributed by atoms with van der Waals surface area (Å²) in [6.07, 6.45) is -13.0. The molecule has 41 heavy (non-hydrogen) atoms. The highest BCUT2D eigenvalue weighted by molar-refractivity contribution is 5.69. The molecule has 17 heteroatoms. The standard InChI is InChI=1S/C24H34O17/c1-10(26)33-8-17-19(35-12(3)28)22(38-15(6)31)24(40-17,9-34-11(2)27)41-23-21(37-14(5)30)20(36-13(4)29)18(32)16(7-25)39-23/h16-23,25,32H,7-9H2,1-6H3. The van der Waals surface area contributed by atoms with E-state index in [2.05, 4.69) is 0 Å². The fourth-order valence-corrected chi connectivity index (χ4v) is 4.25. The van der Waals surface area contributed by atoms with Gasteiger partial charge < -0.3 is 52.8 Å². The van der Waals surface area contributed by atoms with Gasteiger partial charge in [0.15, 0.2) is 24.4 Å². The number of esters is 6. The molecule has 2 aliphatic heterocycles. The van der Waals surface area contributed by atoms with E-state index >= 15 is 0 Å². The summed E-state index contributed by atoms with van der Waals surface area (Å²) in [5.41, 5.74) is 0. The molecule has 0 amide bonds. The molecule has 9 atom stereocenters. The summed E-state index contributed by atoms with van der Waals surface area (Å²) in [6.45, 7) is 3.96. The number of hydrogen-bond acceptors (Lipinski definition) is 17. The molecule has 0 aromatic heterocycles. The van der Waals surface area contributed by atoms with Gasteiger partial charge in [-0.15, -0.1) is 0 Å². The van der Waals surface area contributed by atoms with E-state index in [1.165, 1.54) is 0 Å². The van der Waals surface area contributed by atoms with Crippen LogP contribution in [-0.4, -0.2) is 121 Å². The molecule has 0 radical (unpaired) electrons. The van der Waals surface area contributed by atoms with Crippen LogP contribution >= 0.6 is 0 Å². The van der Waals surface area contributed by atoms with Crippen molar-refractivity contribution in [2.24, 2.45) is 0 Å². The quantitative estimate of drug-likeness (QED) is 0.195. The maximum atomic E-state index is 12.2. The summed E-state index contributed by atoms with van der Waals surface area (Å²) < 4.78 is 48.8. The number of carbonyl (C=O) groups is 6. The van der Waals surface area contributed by atoms with Crippen molar-refractivity contribution in [1.29, 1.82) is 0 Å². The summed E-state index contributed by atoms with van der Waals surface area (Å²) >= 11 is 0. The number of rotatable bonds is 11. The van der Waals surface area contributed by atoms with E-state index in [9.17, 15) is 39.0 Å². The predicted octanol–water partition coefficient (Wildman–Crippen LogP) is -1.97. The predicted molar refractivity (Wildman–Crippen MR) is 126 cm³/mol. The number of aliphatic hydroxyl groups is 2. The Morgan fingerprint density at radius 3 is 1.68 bits per heavy atom. The van der Waals surface area contributed by atoms with Gasteiger partial charge in [-0.2, -0.15) is 0 Å². The van der Waals surface area contributed by atoms with Crippen LogP contribution in [0.1, 0.15) is 41.5 Å². The molecule has 2 saturated heterocycles. The van der Waals surface area contributed by atoms with Crippen molar-refractivity contribution in [3.8, 4) is 0 Å². The zero-order chi connectivity index (χ0) is 31.1. The summed E-state index contributed by atoms with van der Waals surface area (Å²) in [5, 5.41) is 20.5. The van der Waals surface area contributed by atoms with Gasteiger partial charge in [-0.1, -0.05) is 0 Å². The molecule has 0 saturated carbocycles. The minimum absolute atomic E-state index is 0.552. The summed E-state index contributed by atoms with van der Waals surface area (Å²) in [6, 6.07) is 0. The molecule has 0 spiro atoms. The van der Waals surface area contributed by atoms with Gasteiger partial charge in [0.2, 0.25) is 12.1 Å². The average molecular weight is 595 g/mol. The van der Waals surface area contributed by atoms with E-state index in [4.69, 9.17) is 42.6 Å². The molecule has 2 fully saturated rings. The molecule has 232 valence electrons. The zero-order valence-electron chi connectivity index (χ0n) is 23.3. The first kappa shape index (κ1) is 33.8. The van der Waals surface area contributed by atoms with Crippen molar-refractivity contribution in [2.75, 3.05) is 19.8 Å². The number of carbonyl (C=O) groups excluding carboxylic acids is 6. The topological polar surface area (TPSA) is 226 Å². The Kier molecular flexibility index (Phi) is 12.0. The van der Waals surface area contributed by atoms with Crippen LogP contribution in [0.25, 0.3) is 0 Å². The fourth-order valence-electron chi connectivity index (χ4n) is 4.25. The molecule has 2 N–H and O–H groups in total. The van der Waals surface area contributed by atoms with E-state index < -0.39 is 110 Å². The normalized spacial score (nSPS) is 32.8. The third-order valence-corrected chi connectivity index (χ3v) is 5.69. The lowest BCUT2D eigenvalue weighted by atomic mass is 9.98. The molecule has 0 aromatic rings. The number of aliphatic hydroxyl groups excluding tert-OH is 2. The van der Waals surface area contributed by atoms with Crippen LogP contribution in [0.15, 0.2) is 0 Å². The van der Waals surface area contributed by atoms with Gasteiger partial charge in [-0.3, -0.25) is 28.8 Å². The minimum atomic E-state index is -2.41. The van der Waals surface area contributed by atoms with Gasteiger partial charge in [0.05, 0.1) is 6.61 Å². The molecule has 0 aliphatic carbocycles. The first-order chi connectivity index (χ1) is 19.1. The van der Waals surface area contributed by atoms with E-state index in [0.29, 0.717) is 0 Å².